The average Bonchev–Trinajstić information content (AvgIpc) is 2.36. The van der Waals surface area contributed by atoms with Crippen molar-refractivity contribution in [3.63, 3.8) is 0 Å². The highest BCUT2D eigenvalue weighted by molar-refractivity contribution is 6.31. The SMILES string of the molecule is OC(Cc1ccc(F)cc1Cl)c1ccc(F)c(F)c1. The molecule has 0 saturated carbocycles. The predicted octanol–water partition coefficient (Wildman–Crippen LogP) is 4.03. The molecule has 0 aliphatic heterocycles. The van der Waals surface area contributed by atoms with Crippen LogP contribution < -0.4 is 0 Å². The summed E-state index contributed by atoms with van der Waals surface area (Å²) in [4.78, 5) is 0. The van der Waals surface area contributed by atoms with Crippen molar-refractivity contribution in [2.24, 2.45) is 0 Å². The van der Waals surface area contributed by atoms with E-state index in [4.69, 9.17) is 11.6 Å². The molecule has 0 radical (unpaired) electrons. The molecule has 0 bridgehead atoms. The van der Waals surface area contributed by atoms with Gasteiger partial charge in [0.2, 0.25) is 0 Å². The predicted molar refractivity (Wildman–Crippen MR) is 66.4 cm³/mol. The normalized spacial score (nSPS) is 12.5. The Labute approximate surface area is 113 Å². The van der Waals surface area contributed by atoms with Gasteiger partial charge in [0.15, 0.2) is 11.6 Å². The van der Waals surface area contributed by atoms with Crippen LogP contribution in [-0.4, -0.2) is 5.11 Å². The highest BCUT2D eigenvalue weighted by atomic mass is 35.5. The molecule has 0 heterocycles. The molecule has 1 N–H and O–H groups in total. The summed E-state index contributed by atoms with van der Waals surface area (Å²) in [5, 5.41) is 10.1. The van der Waals surface area contributed by atoms with Crippen molar-refractivity contribution in [2.75, 3.05) is 0 Å². The zero-order valence-electron chi connectivity index (χ0n) is 9.71. The quantitative estimate of drug-likeness (QED) is 0.903. The van der Waals surface area contributed by atoms with Crippen molar-refractivity contribution in [3.05, 3.63) is 70.0 Å². The Morgan fingerprint density at radius 1 is 1.00 bits per heavy atom. The summed E-state index contributed by atoms with van der Waals surface area (Å²) in [6.07, 6.45) is -0.956. The summed E-state index contributed by atoms with van der Waals surface area (Å²) in [6.45, 7) is 0. The van der Waals surface area contributed by atoms with Crippen LogP contribution in [-0.2, 0) is 6.42 Å². The molecule has 1 unspecified atom stereocenters. The third-order valence-electron chi connectivity index (χ3n) is 2.76. The van der Waals surface area contributed by atoms with E-state index in [0.717, 1.165) is 18.2 Å². The molecule has 2 aromatic rings. The van der Waals surface area contributed by atoms with Crippen LogP contribution in [0.5, 0.6) is 0 Å². The van der Waals surface area contributed by atoms with Crippen LogP contribution in [0.15, 0.2) is 36.4 Å². The molecule has 0 saturated heterocycles. The van der Waals surface area contributed by atoms with Gasteiger partial charge in [-0.1, -0.05) is 23.7 Å². The molecule has 2 aromatic carbocycles. The zero-order valence-corrected chi connectivity index (χ0v) is 10.5. The maximum absolute atomic E-state index is 13.0. The molecular weight excluding hydrogens is 277 g/mol. The molecule has 0 aliphatic rings. The van der Waals surface area contributed by atoms with Crippen molar-refractivity contribution >= 4 is 11.6 Å². The minimum atomic E-state index is -1.04. The molecule has 1 atom stereocenters. The number of halogens is 4. The van der Waals surface area contributed by atoms with Crippen LogP contribution in [0, 0.1) is 17.5 Å². The molecule has 19 heavy (non-hydrogen) atoms. The van der Waals surface area contributed by atoms with E-state index in [0.29, 0.717) is 5.56 Å². The Bertz CT molecular complexity index is 601. The minimum Gasteiger partial charge on any atom is -0.388 e. The van der Waals surface area contributed by atoms with Crippen LogP contribution in [0.4, 0.5) is 13.2 Å². The first-order chi connectivity index (χ1) is 8.97. The van der Waals surface area contributed by atoms with E-state index >= 15 is 0 Å². The van der Waals surface area contributed by atoms with Gasteiger partial charge < -0.3 is 5.11 Å². The van der Waals surface area contributed by atoms with E-state index in [1.54, 1.807) is 0 Å². The highest BCUT2D eigenvalue weighted by Crippen LogP contribution is 2.25. The summed E-state index contributed by atoms with van der Waals surface area (Å²) < 4.78 is 38.7. The van der Waals surface area contributed by atoms with Gasteiger partial charge in [-0.2, -0.15) is 0 Å². The van der Waals surface area contributed by atoms with Gasteiger partial charge in [0, 0.05) is 11.4 Å². The van der Waals surface area contributed by atoms with Crippen molar-refractivity contribution in [2.45, 2.75) is 12.5 Å². The van der Waals surface area contributed by atoms with E-state index in [1.807, 2.05) is 0 Å². The maximum atomic E-state index is 13.0. The molecular formula is C14H10ClF3O. The molecule has 0 aliphatic carbocycles. The van der Waals surface area contributed by atoms with Gasteiger partial charge in [-0.15, -0.1) is 0 Å². The van der Waals surface area contributed by atoms with Gasteiger partial charge >= 0.3 is 0 Å². The van der Waals surface area contributed by atoms with Gasteiger partial charge in [-0.25, -0.2) is 13.2 Å². The van der Waals surface area contributed by atoms with Gasteiger partial charge in [0.05, 0.1) is 6.10 Å². The average molecular weight is 287 g/mol. The molecule has 0 amide bonds. The van der Waals surface area contributed by atoms with Crippen molar-refractivity contribution in [1.29, 1.82) is 0 Å². The molecule has 0 spiro atoms. The van der Waals surface area contributed by atoms with Gasteiger partial charge in [0.25, 0.3) is 0 Å². The summed E-state index contributed by atoms with van der Waals surface area (Å²) >= 11 is 5.83. The fourth-order valence-corrected chi connectivity index (χ4v) is 1.98. The Balaban J connectivity index is 2.20. The summed E-state index contributed by atoms with van der Waals surface area (Å²) in [5.41, 5.74) is 0.764. The number of hydrogen-bond donors (Lipinski definition) is 1. The van der Waals surface area contributed by atoms with E-state index in [9.17, 15) is 18.3 Å². The number of hydrogen-bond acceptors (Lipinski definition) is 1. The standard InChI is InChI=1S/C14H10ClF3O/c15-11-7-10(16)3-1-8(11)6-14(19)9-2-4-12(17)13(18)5-9/h1-5,7,14,19H,6H2. The second-order valence-corrected chi connectivity index (χ2v) is 4.54. The zero-order chi connectivity index (χ0) is 14.0. The summed E-state index contributed by atoms with van der Waals surface area (Å²) in [5.74, 6) is -2.48. The third kappa shape index (κ3) is 3.28. The molecule has 0 aromatic heterocycles. The molecule has 0 fully saturated rings. The third-order valence-corrected chi connectivity index (χ3v) is 3.11. The minimum absolute atomic E-state index is 0.0875. The molecule has 5 heteroatoms. The topological polar surface area (TPSA) is 20.2 Å². The van der Waals surface area contributed by atoms with Gasteiger partial charge in [-0.05, 0) is 35.4 Å². The van der Waals surface area contributed by atoms with E-state index in [2.05, 4.69) is 0 Å². The fourth-order valence-electron chi connectivity index (χ4n) is 1.73. The lowest BCUT2D eigenvalue weighted by Gasteiger charge is -2.12. The lowest BCUT2D eigenvalue weighted by Crippen LogP contribution is -2.03. The summed E-state index contributed by atoms with van der Waals surface area (Å²) in [6, 6.07) is 6.97. The van der Waals surface area contributed by atoms with E-state index in [1.165, 1.54) is 18.2 Å². The lowest BCUT2D eigenvalue weighted by molar-refractivity contribution is 0.178. The second kappa shape index (κ2) is 5.63. The van der Waals surface area contributed by atoms with Gasteiger partial charge in [0.1, 0.15) is 5.82 Å². The Morgan fingerprint density at radius 2 is 1.74 bits per heavy atom. The maximum Gasteiger partial charge on any atom is 0.159 e. The first-order valence-corrected chi connectivity index (χ1v) is 5.92. The fraction of sp³-hybridized carbons (Fsp3) is 0.143. The molecule has 2 rings (SSSR count). The van der Waals surface area contributed by atoms with Crippen molar-refractivity contribution in [1.82, 2.24) is 0 Å². The van der Waals surface area contributed by atoms with Crippen LogP contribution in [0.2, 0.25) is 5.02 Å². The van der Waals surface area contributed by atoms with Crippen LogP contribution in [0.3, 0.4) is 0 Å². The van der Waals surface area contributed by atoms with E-state index < -0.39 is 23.6 Å². The first-order valence-electron chi connectivity index (χ1n) is 5.54. The van der Waals surface area contributed by atoms with Crippen LogP contribution in [0.25, 0.3) is 0 Å². The van der Waals surface area contributed by atoms with Crippen LogP contribution in [0.1, 0.15) is 17.2 Å². The number of aliphatic hydroxyl groups is 1. The Morgan fingerprint density at radius 3 is 2.37 bits per heavy atom. The van der Waals surface area contributed by atoms with Gasteiger partial charge in [-0.3, -0.25) is 0 Å². The number of benzene rings is 2. The molecule has 1 nitrogen and oxygen atoms in total. The largest absolute Gasteiger partial charge is 0.388 e. The van der Waals surface area contributed by atoms with Crippen molar-refractivity contribution < 1.29 is 18.3 Å². The Hall–Kier alpha value is -1.52. The number of aliphatic hydroxyl groups excluding tert-OH is 1. The second-order valence-electron chi connectivity index (χ2n) is 4.13. The van der Waals surface area contributed by atoms with E-state index in [-0.39, 0.29) is 17.0 Å². The monoisotopic (exact) mass is 286 g/mol. The van der Waals surface area contributed by atoms with Crippen LogP contribution >= 0.6 is 11.6 Å². The summed E-state index contributed by atoms with van der Waals surface area (Å²) in [7, 11) is 0. The van der Waals surface area contributed by atoms with Crippen molar-refractivity contribution in [3.8, 4) is 0 Å². The smallest absolute Gasteiger partial charge is 0.159 e. The Kier molecular flexibility index (Phi) is 4.12. The highest BCUT2D eigenvalue weighted by Gasteiger charge is 2.13. The number of rotatable bonds is 3. The molecule has 100 valence electrons. The first kappa shape index (κ1) is 13.9. The lowest BCUT2D eigenvalue weighted by atomic mass is 10.0.